The number of aryl methyl sites for hydroxylation is 2. The van der Waals surface area contributed by atoms with E-state index in [1.54, 1.807) is 17.5 Å². The van der Waals surface area contributed by atoms with Crippen LogP contribution in [0.3, 0.4) is 0 Å². The number of nitriles is 1. The summed E-state index contributed by atoms with van der Waals surface area (Å²) in [7, 11) is 1.33. The maximum Gasteiger partial charge on any atom is 0.348 e. The van der Waals surface area contributed by atoms with Crippen LogP contribution in [-0.4, -0.2) is 28.3 Å². The molecule has 0 bridgehead atoms. The Balaban J connectivity index is 2.21. The van der Waals surface area contributed by atoms with E-state index in [0.717, 1.165) is 22.5 Å². The number of nitrogen functional groups attached to an aromatic ring is 1. The van der Waals surface area contributed by atoms with Gasteiger partial charge in [0.05, 0.1) is 18.5 Å². The van der Waals surface area contributed by atoms with Crippen molar-refractivity contribution >= 4 is 23.1 Å². The summed E-state index contributed by atoms with van der Waals surface area (Å²) >= 11 is 1.25. The molecule has 0 saturated heterocycles. The quantitative estimate of drug-likeness (QED) is 0.699. The molecule has 0 aliphatic rings. The Labute approximate surface area is 148 Å². The van der Waals surface area contributed by atoms with Gasteiger partial charge >= 0.3 is 5.97 Å². The molecule has 7 nitrogen and oxygen atoms in total. The second-order valence-electron chi connectivity index (χ2n) is 5.43. The Bertz CT molecular complexity index is 993. The van der Waals surface area contributed by atoms with E-state index in [0.29, 0.717) is 16.1 Å². The number of nitrogens with two attached hydrogens (primary N) is 1. The summed E-state index contributed by atoms with van der Waals surface area (Å²) < 4.78 is 4.74. The summed E-state index contributed by atoms with van der Waals surface area (Å²) in [5.41, 5.74) is 10.8. The summed E-state index contributed by atoms with van der Waals surface area (Å²) in [6.45, 7) is 3.76. The minimum absolute atomic E-state index is 0.140. The highest BCUT2D eigenvalue weighted by molar-refractivity contribution is 7.12. The molecule has 0 amide bonds. The molecule has 0 aliphatic heterocycles. The van der Waals surface area contributed by atoms with E-state index in [4.69, 9.17) is 10.5 Å². The molecule has 3 rings (SSSR count). The van der Waals surface area contributed by atoms with Crippen LogP contribution < -0.4 is 5.73 Å². The third-order valence-electron chi connectivity index (χ3n) is 3.84. The lowest BCUT2D eigenvalue weighted by atomic mass is 9.99. The zero-order valence-electron chi connectivity index (χ0n) is 13.9. The predicted molar refractivity (Wildman–Crippen MR) is 95.1 cm³/mol. The third kappa shape index (κ3) is 2.86. The monoisotopic (exact) mass is 353 g/mol. The van der Waals surface area contributed by atoms with E-state index in [1.165, 1.54) is 18.4 Å². The number of pyridine rings is 1. The van der Waals surface area contributed by atoms with Crippen molar-refractivity contribution in [2.24, 2.45) is 0 Å². The van der Waals surface area contributed by atoms with E-state index in [2.05, 4.69) is 21.3 Å². The molecule has 0 aliphatic carbocycles. The number of rotatable bonds is 3. The first-order valence-electron chi connectivity index (χ1n) is 7.36. The van der Waals surface area contributed by atoms with Crippen LogP contribution in [0, 0.1) is 25.2 Å². The first-order chi connectivity index (χ1) is 12.0. The number of nitrogens with zero attached hydrogens (tertiary/aromatic N) is 3. The maximum absolute atomic E-state index is 11.7. The van der Waals surface area contributed by atoms with Gasteiger partial charge < -0.3 is 10.5 Å². The van der Waals surface area contributed by atoms with Crippen molar-refractivity contribution in [2.75, 3.05) is 12.8 Å². The van der Waals surface area contributed by atoms with Crippen LogP contribution in [0.5, 0.6) is 0 Å². The molecule has 3 aromatic heterocycles. The number of aromatic nitrogens is 3. The number of thiophene rings is 1. The number of methoxy groups -OCH3 is 1. The first kappa shape index (κ1) is 16.7. The molecule has 0 atom stereocenters. The first-order valence-corrected chi connectivity index (χ1v) is 8.24. The van der Waals surface area contributed by atoms with E-state index in [9.17, 15) is 10.1 Å². The summed E-state index contributed by atoms with van der Waals surface area (Å²) in [6.07, 6.45) is 0. The number of hydrogen-bond donors (Lipinski definition) is 2. The summed E-state index contributed by atoms with van der Waals surface area (Å²) in [4.78, 5) is 16.5. The van der Waals surface area contributed by atoms with Gasteiger partial charge in [0.15, 0.2) is 0 Å². The molecule has 8 heteroatoms. The molecule has 0 fully saturated rings. The fourth-order valence-corrected chi connectivity index (χ4v) is 3.47. The molecule has 3 N–H and O–H groups in total. The Morgan fingerprint density at radius 1 is 1.40 bits per heavy atom. The number of aromatic amines is 1. The van der Waals surface area contributed by atoms with Crippen molar-refractivity contribution in [1.82, 2.24) is 15.2 Å². The summed E-state index contributed by atoms with van der Waals surface area (Å²) in [5, 5.41) is 18.4. The molecular weight excluding hydrogens is 338 g/mol. The Morgan fingerprint density at radius 2 is 2.16 bits per heavy atom. The molecule has 0 spiro atoms. The number of hydrogen-bond acceptors (Lipinski definition) is 7. The van der Waals surface area contributed by atoms with Gasteiger partial charge in [-0.05, 0) is 36.9 Å². The van der Waals surface area contributed by atoms with Crippen LogP contribution in [-0.2, 0) is 4.74 Å². The fraction of sp³-hybridized carbons (Fsp3) is 0.176. The van der Waals surface area contributed by atoms with Gasteiger partial charge in [-0.25, -0.2) is 9.78 Å². The second-order valence-corrected chi connectivity index (χ2v) is 6.34. The number of anilines is 1. The third-order valence-corrected chi connectivity index (χ3v) is 4.75. The zero-order valence-corrected chi connectivity index (χ0v) is 14.7. The number of H-pyrrole nitrogens is 1. The lowest BCUT2D eigenvalue weighted by molar-refractivity contribution is 0.0606. The molecule has 25 heavy (non-hydrogen) atoms. The summed E-state index contributed by atoms with van der Waals surface area (Å²) in [5.74, 6) is -0.278. The highest BCUT2D eigenvalue weighted by atomic mass is 32.1. The number of esters is 1. The van der Waals surface area contributed by atoms with Crippen LogP contribution in [0.15, 0.2) is 17.5 Å². The Morgan fingerprint density at radius 3 is 2.76 bits per heavy atom. The van der Waals surface area contributed by atoms with Crippen molar-refractivity contribution < 1.29 is 9.53 Å². The van der Waals surface area contributed by atoms with Crippen molar-refractivity contribution in [2.45, 2.75) is 13.8 Å². The molecule has 0 aromatic carbocycles. The number of nitrogens with one attached hydrogen (secondary N) is 1. The minimum Gasteiger partial charge on any atom is -0.465 e. The highest BCUT2D eigenvalue weighted by Crippen LogP contribution is 2.35. The summed E-state index contributed by atoms with van der Waals surface area (Å²) in [6, 6.07) is 5.57. The van der Waals surface area contributed by atoms with Gasteiger partial charge in [-0.2, -0.15) is 10.4 Å². The molecule has 0 radical (unpaired) electrons. The molecule has 0 unspecified atom stereocenters. The zero-order chi connectivity index (χ0) is 18.1. The second kappa shape index (κ2) is 6.37. The normalized spacial score (nSPS) is 10.5. The average molecular weight is 353 g/mol. The van der Waals surface area contributed by atoms with Gasteiger partial charge in [-0.15, -0.1) is 11.3 Å². The van der Waals surface area contributed by atoms with Crippen molar-refractivity contribution in [1.29, 1.82) is 5.26 Å². The van der Waals surface area contributed by atoms with Crippen LogP contribution in [0.25, 0.3) is 22.4 Å². The lowest BCUT2D eigenvalue weighted by Gasteiger charge is -2.09. The fourth-order valence-electron chi connectivity index (χ4n) is 2.65. The van der Waals surface area contributed by atoms with Gasteiger partial charge in [0.1, 0.15) is 22.3 Å². The SMILES string of the molecule is COC(=O)c1cc(-c2cc(-c3c(C)n[nH]c3C)nc(N)c2C#N)cs1. The van der Waals surface area contributed by atoms with Gasteiger partial charge in [-0.3, -0.25) is 5.10 Å². The minimum atomic E-state index is -0.418. The van der Waals surface area contributed by atoms with Gasteiger partial charge in [0.25, 0.3) is 0 Å². The molecule has 126 valence electrons. The largest absolute Gasteiger partial charge is 0.465 e. The van der Waals surface area contributed by atoms with Crippen molar-refractivity contribution in [3.05, 3.63) is 39.3 Å². The van der Waals surface area contributed by atoms with Crippen LogP contribution in [0.4, 0.5) is 5.82 Å². The van der Waals surface area contributed by atoms with Crippen molar-refractivity contribution in [3.8, 4) is 28.5 Å². The number of ether oxygens (including phenoxy) is 1. The standard InChI is InChI=1S/C17H15N5O2S/c1-8-15(9(2)22-21-8)13-5-11(12(6-18)16(19)20-13)10-4-14(25-7-10)17(23)24-3/h4-5,7H,1-3H3,(H2,19,20)(H,21,22). The Hall–Kier alpha value is -3.18. The average Bonchev–Trinajstić information content (AvgIpc) is 3.20. The highest BCUT2D eigenvalue weighted by Gasteiger charge is 2.19. The number of carbonyl (C=O) groups is 1. The van der Waals surface area contributed by atoms with E-state index in [-0.39, 0.29) is 11.4 Å². The van der Waals surface area contributed by atoms with Crippen LogP contribution in [0.2, 0.25) is 0 Å². The molecule has 3 aromatic rings. The van der Waals surface area contributed by atoms with Gasteiger partial charge in [0.2, 0.25) is 0 Å². The molecule has 3 heterocycles. The van der Waals surface area contributed by atoms with E-state index < -0.39 is 5.97 Å². The lowest BCUT2D eigenvalue weighted by Crippen LogP contribution is -2.00. The molecular formula is C17H15N5O2S. The molecule has 0 saturated carbocycles. The predicted octanol–water partition coefficient (Wildman–Crippen LogP) is 3.06. The van der Waals surface area contributed by atoms with E-state index in [1.807, 2.05) is 13.8 Å². The van der Waals surface area contributed by atoms with Crippen LogP contribution >= 0.6 is 11.3 Å². The number of carbonyl (C=O) groups excluding carboxylic acids is 1. The maximum atomic E-state index is 11.7. The Kier molecular flexibility index (Phi) is 4.25. The van der Waals surface area contributed by atoms with E-state index >= 15 is 0 Å². The smallest absolute Gasteiger partial charge is 0.348 e. The van der Waals surface area contributed by atoms with Gasteiger partial charge in [-0.1, -0.05) is 0 Å². The topological polar surface area (TPSA) is 118 Å². The van der Waals surface area contributed by atoms with Crippen molar-refractivity contribution in [3.63, 3.8) is 0 Å². The van der Waals surface area contributed by atoms with Crippen LogP contribution in [0.1, 0.15) is 26.6 Å². The van der Waals surface area contributed by atoms with Gasteiger partial charge in [0, 0.05) is 16.8 Å².